The first-order chi connectivity index (χ1) is 9.74. The van der Waals surface area contributed by atoms with Gasteiger partial charge in [0.2, 0.25) is 0 Å². The molecule has 6 nitrogen and oxygen atoms in total. The first kappa shape index (κ1) is 13.1. The van der Waals surface area contributed by atoms with Crippen molar-refractivity contribution in [2.45, 2.75) is 31.8 Å². The second-order valence-corrected chi connectivity index (χ2v) is 5.14. The molecule has 2 heterocycles. The van der Waals surface area contributed by atoms with E-state index in [9.17, 15) is 4.79 Å². The lowest BCUT2D eigenvalue weighted by atomic mass is 10.2. The number of aromatic amines is 1. The summed E-state index contributed by atoms with van der Waals surface area (Å²) in [6.07, 6.45) is 1.95. The van der Waals surface area contributed by atoms with Crippen LogP contribution in [0, 0.1) is 0 Å². The number of fused-ring (bicyclic) bond motifs is 1. The molecule has 0 saturated carbocycles. The topological polar surface area (TPSA) is 81.8 Å². The third-order valence-electron chi connectivity index (χ3n) is 3.61. The number of nitrogens with zero attached hydrogens (tertiary/aromatic N) is 1. The van der Waals surface area contributed by atoms with E-state index in [1.165, 1.54) is 0 Å². The maximum Gasteiger partial charge on any atom is 0.251 e. The second-order valence-electron chi connectivity index (χ2n) is 5.14. The van der Waals surface area contributed by atoms with Crippen molar-refractivity contribution < 1.29 is 4.79 Å². The Morgan fingerprint density at radius 1 is 1.45 bits per heavy atom. The highest BCUT2D eigenvalue weighted by molar-refractivity contribution is 5.81. The van der Waals surface area contributed by atoms with Gasteiger partial charge < -0.3 is 10.3 Å². The second kappa shape index (κ2) is 5.60. The maximum atomic E-state index is 11.9. The van der Waals surface area contributed by atoms with E-state index in [2.05, 4.69) is 26.1 Å². The quantitative estimate of drug-likeness (QED) is 0.626. The molecule has 20 heavy (non-hydrogen) atoms. The van der Waals surface area contributed by atoms with Crippen LogP contribution in [0.5, 0.6) is 0 Å². The largest absolute Gasteiger partial charge is 0.341 e. The number of aromatic nitrogens is 2. The van der Waals surface area contributed by atoms with Crippen molar-refractivity contribution in [3.63, 3.8) is 0 Å². The number of nitrogens with one attached hydrogen (secondary N) is 4. The van der Waals surface area contributed by atoms with Gasteiger partial charge >= 0.3 is 0 Å². The highest BCUT2D eigenvalue weighted by Crippen LogP contribution is 2.14. The van der Waals surface area contributed by atoms with E-state index >= 15 is 0 Å². The fourth-order valence-electron chi connectivity index (χ4n) is 2.42. The molecule has 0 spiro atoms. The number of hydrazine groups is 1. The SMILES string of the molecule is C[C@@H](NNC(=O)[C@@H]1CCCN1)c1nc2ccccc2[nH]1. The summed E-state index contributed by atoms with van der Waals surface area (Å²) < 4.78 is 0. The molecular weight excluding hydrogens is 254 g/mol. The van der Waals surface area contributed by atoms with Gasteiger partial charge in [0.15, 0.2) is 0 Å². The zero-order chi connectivity index (χ0) is 13.9. The molecule has 1 aromatic carbocycles. The Hall–Kier alpha value is -1.92. The minimum Gasteiger partial charge on any atom is -0.341 e. The van der Waals surface area contributed by atoms with E-state index in [1.54, 1.807) is 0 Å². The van der Waals surface area contributed by atoms with E-state index in [0.717, 1.165) is 36.2 Å². The molecule has 3 rings (SSSR count). The smallest absolute Gasteiger partial charge is 0.251 e. The standard InChI is InChI=1S/C14H19N5O/c1-9(18-19-14(20)12-7-4-8-15-12)13-16-10-5-2-3-6-11(10)17-13/h2-3,5-6,9,12,15,18H,4,7-8H2,1H3,(H,16,17)(H,19,20)/t9-,12+/m1/s1. The number of carbonyl (C=O) groups excluding carboxylic acids is 1. The molecule has 2 atom stereocenters. The zero-order valence-electron chi connectivity index (χ0n) is 11.4. The van der Waals surface area contributed by atoms with Gasteiger partial charge in [-0.3, -0.25) is 10.2 Å². The van der Waals surface area contributed by atoms with Gasteiger partial charge in [-0.1, -0.05) is 12.1 Å². The molecule has 0 unspecified atom stereocenters. The van der Waals surface area contributed by atoms with Gasteiger partial charge in [-0.05, 0) is 38.4 Å². The minimum atomic E-state index is -0.0784. The van der Waals surface area contributed by atoms with Crippen LogP contribution in [-0.4, -0.2) is 28.5 Å². The molecule has 4 N–H and O–H groups in total. The van der Waals surface area contributed by atoms with Gasteiger partial charge in [0.25, 0.3) is 5.91 Å². The van der Waals surface area contributed by atoms with Crippen LogP contribution in [0.25, 0.3) is 11.0 Å². The Kier molecular flexibility index (Phi) is 3.66. The summed E-state index contributed by atoms with van der Waals surface area (Å²) in [5.41, 5.74) is 7.69. The van der Waals surface area contributed by atoms with Crippen molar-refractivity contribution in [2.75, 3.05) is 6.54 Å². The van der Waals surface area contributed by atoms with Crippen LogP contribution in [0.4, 0.5) is 0 Å². The molecule has 1 fully saturated rings. The predicted molar refractivity (Wildman–Crippen MR) is 76.8 cm³/mol. The highest BCUT2D eigenvalue weighted by atomic mass is 16.2. The number of hydrogen-bond acceptors (Lipinski definition) is 4. The summed E-state index contributed by atoms with van der Waals surface area (Å²) in [6, 6.07) is 7.72. The molecule has 1 aliphatic heterocycles. The van der Waals surface area contributed by atoms with Crippen LogP contribution in [0.3, 0.4) is 0 Å². The lowest BCUT2D eigenvalue weighted by Crippen LogP contribution is -2.47. The number of para-hydroxylation sites is 2. The van der Waals surface area contributed by atoms with Gasteiger partial charge in [-0.2, -0.15) is 0 Å². The molecule has 2 aromatic rings. The third-order valence-corrected chi connectivity index (χ3v) is 3.61. The molecular formula is C14H19N5O. The maximum absolute atomic E-state index is 11.9. The van der Waals surface area contributed by atoms with E-state index < -0.39 is 0 Å². The van der Waals surface area contributed by atoms with Gasteiger partial charge in [0.05, 0.1) is 23.1 Å². The zero-order valence-corrected chi connectivity index (χ0v) is 11.4. The van der Waals surface area contributed by atoms with E-state index in [1.807, 2.05) is 31.2 Å². The van der Waals surface area contributed by atoms with Crippen LogP contribution in [-0.2, 0) is 4.79 Å². The Bertz CT molecular complexity index is 569. The van der Waals surface area contributed by atoms with E-state index in [4.69, 9.17) is 0 Å². The summed E-state index contributed by atoms with van der Waals surface area (Å²) in [4.78, 5) is 19.6. The molecule has 1 saturated heterocycles. The Balaban J connectivity index is 1.60. The van der Waals surface area contributed by atoms with Crippen molar-refractivity contribution in [1.82, 2.24) is 26.1 Å². The molecule has 1 amide bonds. The lowest BCUT2D eigenvalue weighted by molar-refractivity contribution is -0.124. The van der Waals surface area contributed by atoms with E-state index in [-0.39, 0.29) is 18.0 Å². The number of benzene rings is 1. The average Bonchev–Trinajstić information content (AvgIpc) is 3.12. The molecule has 0 bridgehead atoms. The van der Waals surface area contributed by atoms with Gasteiger partial charge in [-0.15, -0.1) is 0 Å². The number of amides is 1. The molecule has 6 heteroatoms. The highest BCUT2D eigenvalue weighted by Gasteiger charge is 2.22. The van der Waals surface area contributed by atoms with Crippen molar-refractivity contribution >= 4 is 16.9 Å². The van der Waals surface area contributed by atoms with Crippen molar-refractivity contribution in [1.29, 1.82) is 0 Å². The Morgan fingerprint density at radius 2 is 2.30 bits per heavy atom. The fraction of sp³-hybridized carbons (Fsp3) is 0.429. The first-order valence-corrected chi connectivity index (χ1v) is 6.97. The number of rotatable bonds is 4. The Morgan fingerprint density at radius 3 is 3.05 bits per heavy atom. The van der Waals surface area contributed by atoms with Crippen molar-refractivity contribution in [3.8, 4) is 0 Å². The van der Waals surface area contributed by atoms with Crippen LogP contribution < -0.4 is 16.2 Å². The summed E-state index contributed by atoms with van der Waals surface area (Å²) in [5, 5.41) is 3.17. The van der Waals surface area contributed by atoms with E-state index in [0.29, 0.717) is 0 Å². The Labute approximate surface area is 117 Å². The van der Waals surface area contributed by atoms with Gasteiger partial charge in [0.1, 0.15) is 5.82 Å². The van der Waals surface area contributed by atoms with Crippen LogP contribution in [0.2, 0.25) is 0 Å². The van der Waals surface area contributed by atoms with Crippen molar-refractivity contribution in [3.05, 3.63) is 30.1 Å². The molecule has 0 radical (unpaired) electrons. The monoisotopic (exact) mass is 273 g/mol. The number of imidazole rings is 1. The number of carbonyl (C=O) groups is 1. The summed E-state index contributed by atoms with van der Waals surface area (Å²) in [6.45, 7) is 2.87. The number of H-pyrrole nitrogens is 1. The summed E-state index contributed by atoms with van der Waals surface area (Å²) in [7, 11) is 0. The van der Waals surface area contributed by atoms with Gasteiger partial charge in [-0.25, -0.2) is 10.4 Å². The lowest BCUT2D eigenvalue weighted by Gasteiger charge is -2.15. The molecule has 1 aliphatic rings. The van der Waals surface area contributed by atoms with Crippen molar-refractivity contribution in [2.24, 2.45) is 0 Å². The average molecular weight is 273 g/mol. The van der Waals surface area contributed by atoms with Crippen LogP contribution >= 0.6 is 0 Å². The summed E-state index contributed by atoms with van der Waals surface area (Å²) in [5.74, 6) is 0.802. The third kappa shape index (κ3) is 2.66. The van der Waals surface area contributed by atoms with Gasteiger partial charge in [0, 0.05) is 0 Å². The molecule has 0 aliphatic carbocycles. The van der Waals surface area contributed by atoms with Crippen LogP contribution in [0.1, 0.15) is 31.6 Å². The molecule has 1 aromatic heterocycles. The number of hydrogen-bond donors (Lipinski definition) is 4. The predicted octanol–water partition coefficient (Wildman–Crippen LogP) is 0.997. The van der Waals surface area contributed by atoms with Crippen LogP contribution in [0.15, 0.2) is 24.3 Å². The first-order valence-electron chi connectivity index (χ1n) is 6.97. The normalized spacial score (nSPS) is 20.1. The molecule has 106 valence electrons. The minimum absolute atomic E-state index is 0.00883. The fourth-order valence-corrected chi connectivity index (χ4v) is 2.42. The summed E-state index contributed by atoms with van der Waals surface area (Å²) >= 11 is 0.